The van der Waals surface area contributed by atoms with Gasteiger partial charge in [0.25, 0.3) is 0 Å². The number of rotatable bonds is 7. The summed E-state index contributed by atoms with van der Waals surface area (Å²) < 4.78 is 22.4. The fourth-order valence-electron chi connectivity index (χ4n) is 2.90. The van der Waals surface area contributed by atoms with Crippen molar-refractivity contribution in [2.45, 2.75) is 12.5 Å². The Bertz CT molecular complexity index is 696. The summed E-state index contributed by atoms with van der Waals surface area (Å²) in [7, 11) is 3.62. The third-order valence-electron chi connectivity index (χ3n) is 4.12. The van der Waals surface area contributed by atoms with Crippen LogP contribution in [-0.2, 0) is 15.9 Å². The van der Waals surface area contributed by atoms with E-state index in [1.807, 2.05) is 70.3 Å². The fourth-order valence-corrected chi connectivity index (χ4v) is 4.30. The highest BCUT2D eigenvalue weighted by Gasteiger charge is 2.34. The van der Waals surface area contributed by atoms with Gasteiger partial charge in [-0.2, -0.15) is 0 Å². The summed E-state index contributed by atoms with van der Waals surface area (Å²) in [5, 5.41) is 3.13. The molecular formula is C18H23N3O2S. The number of para-hydroxylation sites is 3. The fraction of sp³-hybridized carbons (Fsp3) is 0.333. The first-order valence-corrected chi connectivity index (χ1v) is 9.13. The van der Waals surface area contributed by atoms with Crippen LogP contribution in [0.15, 0.2) is 54.6 Å². The lowest BCUT2D eigenvalue weighted by molar-refractivity contribution is 0.0985. The van der Waals surface area contributed by atoms with Gasteiger partial charge in [0.1, 0.15) is 0 Å². The molecule has 1 aliphatic heterocycles. The van der Waals surface area contributed by atoms with Gasteiger partial charge in [-0.1, -0.05) is 30.3 Å². The van der Waals surface area contributed by atoms with Crippen LogP contribution in [0.4, 0.5) is 17.1 Å². The molecule has 0 fully saturated rings. The molecule has 0 spiro atoms. The minimum absolute atomic E-state index is 0.102. The average molecular weight is 345 g/mol. The van der Waals surface area contributed by atoms with Crippen LogP contribution in [0.1, 0.15) is 6.42 Å². The van der Waals surface area contributed by atoms with Crippen LogP contribution in [0.25, 0.3) is 0 Å². The number of methoxy groups -OCH3 is 1. The van der Waals surface area contributed by atoms with Gasteiger partial charge in [0.05, 0.1) is 23.2 Å². The Kier molecular flexibility index (Phi) is 5.50. The van der Waals surface area contributed by atoms with Gasteiger partial charge in [-0.05, 0) is 37.7 Å². The molecule has 1 N–H and O–H groups in total. The van der Waals surface area contributed by atoms with Gasteiger partial charge in [0.2, 0.25) is 11.2 Å². The van der Waals surface area contributed by atoms with Crippen molar-refractivity contribution in [1.29, 1.82) is 0 Å². The van der Waals surface area contributed by atoms with Gasteiger partial charge < -0.3 is 10.1 Å². The molecule has 2 atom stereocenters. The monoisotopic (exact) mass is 345 g/mol. The molecular weight excluding hydrogens is 322 g/mol. The van der Waals surface area contributed by atoms with Gasteiger partial charge in [-0.25, -0.2) is 8.51 Å². The third kappa shape index (κ3) is 3.31. The van der Waals surface area contributed by atoms with Gasteiger partial charge in [0, 0.05) is 20.2 Å². The molecule has 0 aromatic heterocycles. The molecule has 0 saturated heterocycles. The number of likely N-dealkylation sites (N-methyl/N-ethyl adjacent to an activating group) is 1. The van der Waals surface area contributed by atoms with Crippen molar-refractivity contribution in [1.82, 2.24) is 5.32 Å². The Morgan fingerprint density at radius 3 is 2.42 bits per heavy atom. The lowest BCUT2D eigenvalue weighted by atomic mass is 10.2. The number of nitrogens with one attached hydrogen (secondary N) is 1. The van der Waals surface area contributed by atoms with E-state index >= 15 is 0 Å². The number of ether oxygens (including phenoxy) is 1. The number of hydrogen-bond donors (Lipinski definition) is 1. The van der Waals surface area contributed by atoms with E-state index in [4.69, 9.17) is 4.74 Å². The van der Waals surface area contributed by atoms with E-state index in [2.05, 4.69) is 5.32 Å². The second-order valence-electron chi connectivity index (χ2n) is 5.66. The number of hydrogen-bond acceptors (Lipinski definition) is 3. The smallest absolute Gasteiger partial charge is 0.230 e. The van der Waals surface area contributed by atoms with Crippen molar-refractivity contribution in [2.24, 2.45) is 0 Å². The van der Waals surface area contributed by atoms with Crippen molar-refractivity contribution >= 4 is 28.2 Å². The van der Waals surface area contributed by atoms with Crippen LogP contribution in [0, 0.1) is 0 Å². The predicted molar refractivity (Wildman–Crippen MR) is 99.9 cm³/mol. The minimum atomic E-state index is -1.28. The summed E-state index contributed by atoms with van der Waals surface area (Å²) in [5.41, 5.74) is 2.91. The van der Waals surface area contributed by atoms with Crippen molar-refractivity contribution in [2.75, 3.05) is 35.9 Å². The van der Waals surface area contributed by atoms with E-state index in [1.165, 1.54) is 0 Å². The molecule has 2 aromatic rings. The molecule has 1 heterocycles. The molecule has 0 radical (unpaired) electrons. The zero-order valence-corrected chi connectivity index (χ0v) is 14.8. The van der Waals surface area contributed by atoms with Crippen LogP contribution >= 0.6 is 0 Å². The maximum atomic E-state index is 13.1. The number of benzene rings is 2. The van der Waals surface area contributed by atoms with E-state index < -0.39 is 11.2 Å². The molecule has 6 heteroatoms. The summed E-state index contributed by atoms with van der Waals surface area (Å²) in [4.78, 5) is 0. The largest absolute Gasteiger partial charge is 0.380 e. The first-order valence-electron chi connectivity index (χ1n) is 8.07. The molecule has 0 bridgehead atoms. The summed E-state index contributed by atoms with van der Waals surface area (Å²) in [6.07, 6.45) is 0.907. The van der Waals surface area contributed by atoms with Crippen molar-refractivity contribution < 1.29 is 8.95 Å². The number of anilines is 3. The lowest BCUT2D eigenvalue weighted by Gasteiger charge is -2.22. The average Bonchev–Trinajstić information content (AvgIpc) is 2.91. The molecule has 5 nitrogen and oxygen atoms in total. The highest BCUT2D eigenvalue weighted by molar-refractivity contribution is 7.88. The second kappa shape index (κ2) is 7.79. The van der Waals surface area contributed by atoms with E-state index in [-0.39, 0.29) is 6.10 Å². The summed E-state index contributed by atoms with van der Waals surface area (Å²) in [6.45, 7) is 1.45. The Morgan fingerprint density at radius 2 is 1.75 bits per heavy atom. The highest BCUT2D eigenvalue weighted by Crippen LogP contribution is 2.43. The normalized spacial score (nSPS) is 17.8. The van der Waals surface area contributed by atoms with Gasteiger partial charge in [-0.3, -0.25) is 4.31 Å². The van der Waals surface area contributed by atoms with Crippen LogP contribution < -0.4 is 13.9 Å². The summed E-state index contributed by atoms with van der Waals surface area (Å²) >= 11 is -1.28. The van der Waals surface area contributed by atoms with Crippen LogP contribution in [0.2, 0.25) is 0 Å². The SMILES string of the molecule is CNCC(CCN1c2ccccc2N(c2ccccc2)S1=O)OC. The number of nitrogens with zero attached hydrogens (tertiary/aromatic N) is 2. The van der Waals surface area contributed by atoms with Crippen LogP contribution in [0.3, 0.4) is 0 Å². The molecule has 0 amide bonds. The van der Waals surface area contributed by atoms with E-state index in [0.717, 1.165) is 30.0 Å². The molecule has 2 unspecified atom stereocenters. The molecule has 2 aromatic carbocycles. The van der Waals surface area contributed by atoms with Gasteiger partial charge >= 0.3 is 0 Å². The molecule has 1 aliphatic rings. The van der Waals surface area contributed by atoms with Crippen molar-refractivity contribution in [3.05, 3.63) is 54.6 Å². The molecule has 128 valence electrons. The molecule has 0 saturated carbocycles. The highest BCUT2D eigenvalue weighted by atomic mass is 32.2. The quantitative estimate of drug-likeness (QED) is 0.839. The van der Waals surface area contributed by atoms with Crippen molar-refractivity contribution in [3.63, 3.8) is 0 Å². The van der Waals surface area contributed by atoms with E-state index in [0.29, 0.717) is 6.54 Å². The zero-order valence-electron chi connectivity index (χ0n) is 14.0. The first-order chi connectivity index (χ1) is 11.8. The zero-order chi connectivity index (χ0) is 16.9. The van der Waals surface area contributed by atoms with Crippen molar-refractivity contribution in [3.8, 4) is 0 Å². The van der Waals surface area contributed by atoms with Crippen LogP contribution in [-0.4, -0.2) is 37.6 Å². The van der Waals surface area contributed by atoms with Gasteiger partial charge in [0.15, 0.2) is 0 Å². The topological polar surface area (TPSA) is 44.8 Å². The maximum Gasteiger partial charge on any atom is 0.230 e. The Labute approximate surface area is 146 Å². The summed E-state index contributed by atoms with van der Waals surface area (Å²) in [6, 6.07) is 17.9. The maximum absolute atomic E-state index is 13.1. The molecule has 3 rings (SSSR count). The first kappa shape index (κ1) is 17.0. The lowest BCUT2D eigenvalue weighted by Crippen LogP contribution is -2.34. The third-order valence-corrected chi connectivity index (χ3v) is 5.60. The molecule has 24 heavy (non-hydrogen) atoms. The standard InChI is InChI=1S/C18H23N3O2S/c1-19-14-16(23-2)12-13-20-17-10-6-7-11-18(17)21(24(20)22)15-8-4-3-5-9-15/h3-11,16,19H,12-14H2,1-2H3. The Hall–Kier alpha value is -1.89. The van der Waals surface area contributed by atoms with Crippen LogP contribution in [0.5, 0.6) is 0 Å². The summed E-state index contributed by atoms with van der Waals surface area (Å²) in [5.74, 6) is 0. The van der Waals surface area contributed by atoms with E-state index in [9.17, 15) is 4.21 Å². The number of fused-ring (bicyclic) bond motifs is 1. The minimum Gasteiger partial charge on any atom is -0.380 e. The van der Waals surface area contributed by atoms with Gasteiger partial charge in [-0.15, -0.1) is 0 Å². The Balaban J connectivity index is 1.85. The Morgan fingerprint density at radius 1 is 1.08 bits per heavy atom. The predicted octanol–water partition coefficient (Wildman–Crippen LogP) is 2.85. The second-order valence-corrected chi connectivity index (χ2v) is 6.92. The molecule has 0 aliphatic carbocycles. The van der Waals surface area contributed by atoms with E-state index in [1.54, 1.807) is 7.11 Å².